The zero-order chi connectivity index (χ0) is 13.4. The molecule has 102 valence electrons. The molecule has 2 saturated heterocycles. The maximum absolute atomic E-state index is 12.5. The molecular formula is C17H23NO. The van der Waals surface area contributed by atoms with Crippen molar-refractivity contribution in [2.24, 2.45) is 5.92 Å². The second kappa shape index (κ2) is 5.09. The van der Waals surface area contributed by atoms with Gasteiger partial charge in [0.15, 0.2) is 5.78 Å². The Morgan fingerprint density at radius 1 is 1.21 bits per heavy atom. The van der Waals surface area contributed by atoms with Crippen molar-refractivity contribution in [1.29, 1.82) is 0 Å². The number of carbonyl (C=O) groups is 1. The third-order valence-corrected chi connectivity index (χ3v) is 4.95. The van der Waals surface area contributed by atoms with Crippen LogP contribution >= 0.6 is 0 Å². The number of rotatable bonds is 3. The van der Waals surface area contributed by atoms with Gasteiger partial charge in [0.2, 0.25) is 0 Å². The van der Waals surface area contributed by atoms with Gasteiger partial charge in [0.05, 0.1) is 0 Å². The smallest absolute Gasteiger partial charge is 0.163 e. The Morgan fingerprint density at radius 3 is 2.58 bits per heavy atom. The van der Waals surface area contributed by atoms with E-state index in [1.807, 2.05) is 12.1 Å². The largest absolute Gasteiger partial charge is 0.311 e. The summed E-state index contributed by atoms with van der Waals surface area (Å²) in [5.74, 6) is 0.929. The number of fused-ring (bicyclic) bond motifs is 2. The number of benzene rings is 1. The highest BCUT2D eigenvalue weighted by molar-refractivity contribution is 5.97. The normalized spacial score (nSPS) is 29.5. The van der Waals surface area contributed by atoms with Gasteiger partial charge < -0.3 is 5.32 Å². The van der Waals surface area contributed by atoms with Crippen LogP contribution in [-0.2, 0) is 0 Å². The molecule has 2 atom stereocenters. The highest BCUT2D eigenvalue weighted by Crippen LogP contribution is 2.33. The summed E-state index contributed by atoms with van der Waals surface area (Å²) in [5, 5.41) is 3.64. The van der Waals surface area contributed by atoms with Crippen molar-refractivity contribution in [3.05, 3.63) is 34.9 Å². The predicted octanol–water partition coefficient (Wildman–Crippen LogP) is 3.41. The van der Waals surface area contributed by atoms with E-state index in [0.717, 1.165) is 17.5 Å². The molecule has 2 aliphatic heterocycles. The van der Waals surface area contributed by atoms with E-state index in [0.29, 0.717) is 23.8 Å². The Hall–Kier alpha value is -1.15. The molecule has 0 saturated carbocycles. The quantitative estimate of drug-likeness (QED) is 0.841. The van der Waals surface area contributed by atoms with Crippen molar-refractivity contribution in [3.8, 4) is 0 Å². The molecule has 1 aromatic carbocycles. The van der Waals surface area contributed by atoms with Gasteiger partial charge in [0, 0.05) is 24.1 Å². The maximum Gasteiger partial charge on any atom is 0.163 e. The van der Waals surface area contributed by atoms with Crippen LogP contribution in [0, 0.1) is 19.8 Å². The molecule has 2 bridgehead atoms. The van der Waals surface area contributed by atoms with Crippen molar-refractivity contribution >= 4 is 5.78 Å². The van der Waals surface area contributed by atoms with Gasteiger partial charge in [0.25, 0.3) is 0 Å². The first-order valence-corrected chi connectivity index (χ1v) is 7.49. The number of hydrogen-bond acceptors (Lipinski definition) is 2. The Bertz CT molecular complexity index is 482. The van der Waals surface area contributed by atoms with Gasteiger partial charge >= 0.3 is 0 Å². The van der Waals surface area contributed by atoms with Crippen LogP contribution in [-0.4, -0.2) is 17.9 Å². The fraction of sp³-hybridized carbons (Fsp3) is 0.588. The van der Waals surface area contributed by atoms with E-state index < -0.39 is 0 Å². The van der Waals surface area contributed by atoms with Crippen molar-refractivity contribution in [1.82, 2.24) is 5.32 Å². The summed E-state index contributed by atoms with van der Waals surface area (Å²) in [7, 11) is 0. The standard InChI is InChI=1S/C17H23NO/c1-11-4-3-5-16(12(11)2)17(19)10-13-8-14-6-7-15(9-13)18-14/h3-5,13-15,18H,6-10H2,1-2H3. The van der Waals surface area contributed by atoms with E-state index in [-0.39, 0.29) is 0 Å². The van der Waals surface area contributed by atoms with Crippen LogP contribution in [0.1, 0.15) is 53.6 Å². The number of hydrogen-bond donors (Lipinski definition) is 1. The molecule has 2 nitrogen and oxygen atoms in total. The van der Waals surface area contributed by atoms with Crippen molar-refractivity contribution in [3.63, 3.8) is 0 Å². The Balaban J connectivity index is 1.70. The zero-order valence-corrected chi connectivity index (χ0v) is 11.9. The van der Waals surface area contributed by atoms with Gasteiger partial charge in [-0.3, -0.25) is 4.79 Å². The minimum atomic E-state index is 0.340. The second-order valence-electron chi connectivity index (χ2n) is 6.35. The lowest BCUT2D eigenvalue weighted by atomic mass is 9.86. The number of nitrogens with one attached hydrogen (secondary N) is 1. The van der Waals surface area contributed by atoms with E-state index >= 15 is 0 Å². The van der Waals surface area contributed by atoms with Gasteiger partial charge in [-0.1, -0.05) is 18.2 Å². The number of Topliss-reactive ketones (excluding diaryl/α,β-unsaturated/α-hetero) is 1. The number of piperidine rings is 1. The Morgan fingerprint density at radius 2 is 1.89 bits per heavy atom. The lowest BCUT2D eigenvalue weighted by molar-refractivity contribution is 0.0945. The van der Waals surface area contributed by atoms with Gasteiger partial charge in [-0.25, -0.2) is 0 Å². The second-order valence-corrected chi connectivity index (χ2v) is 6.35. The van der Waals surface area contributed by atoms with Gasteiger partial charge in [-0.2, -0.15) is 0 Å². The van der Waals surface area contributed by atoms with E-state index in [1.54, 1.807) is 0 Å². The molecule has 2 fully saturated rings. The average molecular weight is 257 g/mol. The molecule has 0 amide bonds. The lowest BCUT2D eigenvalue weighted by Crippen LogP contribution is -2.38. The molecule has 19 heavy (non-hydrogen) atoms. The minimum absolute atomic E-state index is 0.340. The van der Waals surface area contributed by atoms with Gasteiger partial charge in [0.1, 0.15) is 0 Å². The molecule has 1 N–H and O–H groups in total. The first-order chi connectivity index (χ1) is 9.13. The Kier molecular flexibility index (Phi) is 3.44. The first kappa shape index (κ1) is 12.9. The monoisotopic (exact) mass is 257 g/mol. The summed E-state index contributed by atoms with van der Waals surface area (Å²) in [6.45, 7) is 4.14. The summed E-state index contributed by atoms with van der Waals surface area (Å²) < 4.78 is 0. The van der Waals surface area contributed by atoms with Gasteiger partial charge in [-0.15, -0.1) is 0 Å². The van der Waals surface area contributed by atoms with Crippen LogP contribution in [0.25, 0.3) is 0 Å². The average Bonchev–Trinajstić information content (AvgIpc) is 2.72. The predicted molar refractivity (Wildman–Crippen MR) is 77.5 cm³/mol. The summed E-state index contributed by atoms with van der Waals surface area (Å²) >= 11 is 0. The fourth-order valence-electron chi connectivity index (χ4n) is 3.77. The molecule has 2 heteroatoms. The fourth-order valence-corrected chi connectivity index (χ4v) is 3.77. The topological polar surface area (TPSA) is 29.1 Å². The molecule has 2 unspecified atom stereocenters. The molecule has 0 spiro atoms. The zero-order valence-electron chi connectivity index (χ0n) is 11.9. The van der Waals surface area contributed by atoms with E-state index in [9.17, 15) is 4.79 Å². The summed E-state index contributed by atoms with van der Waals surface area (Å²) in [4.78, 5) is 12.5. The van der Waals surface area contributed by atoms with Crippen LogP contribution in [0.4, 0.5) is 0 Å². The number of aryl methyl sites for hydroxylation is 1. The molecule has 2 heterocycles. The maximum atomic E-state index is 12.5. The molecule has 3 rings (SSSR count). The molecule has 0 aromatic heterocycles. The van der Waals surface area contributed by atoms with Crippen molar-refractivity contribution < 1.29 is 4.79 Å². The van der Waals surface area contributed by atoms with Crippen LogP contribution in [0.5, 0.6) is 0 Å². The highest BCUT2D eigenvalue weighted by Gasteiger charge is 2.34. The van der Waals surface area contributed by atoms with E-state index in [4.69, 9.17) is 0 Å². The van der Waals surface area contributed by atoms with E-state index in [1.165, 1.54) is 31.2 Å². The first-order valence-electron chi connectivity index (χ1n) is 7.49. The third-order valence-electron chi connectivity index (χ3n) is 4.95. The van der Waals surface area contributed by atoms with Crippen LogP contribution < -0.4 is 5.32 Å². The lowest BCUT2D eigenvalue weighted by Gasteiger charge is -2.28. The van der Waals surface area contributed by atoms with Gasteiger partial charge in [-0.05, 0) is 56.6 Å². The number of ketones is 1. The minimum Gasteiger partial charge on any atom is -0.311 e. The number of carbonyl (C=O) groups excluding carboxylic acids is 1. The van der Waals surface area contributed by atoms with Crippen LogP contribution in [0.15, 0.2) is 18.2 Å². The molecular weight excluding hydrogens is 234 g/mol. The van der Waals surface area contributed by atoms with Crippen LogP contribution in [0.3, 0.4) is 0 Å². The van der Waals surface area contributed by atoms with Crippen LogP contribution in [0.2, 0.25) is 0 Å². The molecule has 0 aliphatic carbocycles. The highest BCUT2D eigenvalue weighted by atomic mass is 16.1. The third kappa shape index (κ3) is 2.59. The molecule has 0 radical (unpaired) electrons. The van der Waals surface area contributed by atoms with Crippen molar-refractivity contribution in [2.45, 2.75) is 58.0 Å². The van der Waals surface area contributed by atoms with E-state index in [2.05, 4.69) is 25.2 Å². The summed E-state index contributed by atoms with van der Waals surface area (Å²) in [5.41, 5.74) is 3.31. The SMILES string of the molecule is Cc1cccc(C(=O)CC2CC3CCC(C2)N3)c1C. The van der Waals surface area contributed by atoms with Crippen molar-refractivity contribution in [2.75, 3.05) is 0 Å². The summed E-state index contributed by atoms with van der Waals surface area (Å²) in [6, 6.07) is 7.42. The Labute approximate surface area is 115 Å². The molecule has 2 aliphatic rings. The summed E-state index contributed by atoms with van der Waals surface area (Å²) in [6.07, 6.45) is 5.72. The molecule has 1 aromatic rings.